The maximum Gasteiger partial charge on any atom is 0.408 e. The number of benzene rings is 1. The van der Waals surface area contributed by atoms with Crippen LogP contribution in [0.15, 0.2) is 36.2 Å². The molecule has 3 rings (SSSR count). The van der Waals surface area contributed by atoms with Crippen LogP contribution in [0, 0.1) is 0 Å². The summed E-state index contributed by atoms with van der Waals surface area (Å²) in [6.07, 6.45) is -2.16. The van der Waals surface area contributed by atoms with Gasteiger partial charge in [0, 0.05) is 17.9 Å². The number of ether oxygens (including phenoxy) is 2. The second-order valence-corrected chi connectivity index (χ2v) is 9.01. The zero-order valence-electron chi connectivity index (χ0n) is 18.8. The van der Waals surface area contributed by atoms with Gasteiger partial charge in [-0.1, -0.05) is 0 Å². The summed E-state index contributed by atoms with van der Waals surface area (Å²) in [7, 11) is 0. The number of hydrogen-bond acceptors (Lipinski definition) is 5. The number of alkyl halides is 3. The molecule has 10 heteroatoms. The molecule has 6 nitrogen and oxygen atoms in total. The highest BCUT2D eigenvalue weighted by Gasteiger charge is 2.35. The highest BCUT2D eigenvalue weighted by Crippen LogP contribution is 2.40. The molecule has 33 heavy (non-hydrogen) atoms. The van der Waals surface area contributed by atoms with E-state index in [0.29, 0.717) is 29.0 Å². The Morgan fingerprint density at radius 3 is 2.36 bits per heavy atom. The van der Waals surface area contributed by atoms with Crippen molar-refractivity contribution in [2.24, 2.45) is 0 Å². The van der Waals surface area contributed by atoms with Crippen molar-refractivity contribution in [2.45, 2.75) is 70.7 Å². The second kappa shape index (κ2) is 9.93. The summed E-state index contributed by atoms with van der Waals surface area (Å²) < 4.78 is 63.4. The quantitative estimate of drug-likeness (QED) is 0.346. The monoisotopic (exact) mass is 469 g/mol. The number of hydrogen-bond donors (Lipinski definition) is 0. The Morgan fingerprint density at radius 1 is 1.15 bits per heavy atom. The van der Waals surface area contributed by atoms with E-state index in [1.54, 1.807) is 45.0 Å². The van der Waals surface area contributed by atoms with Crippen molar-refractivity contribution in [3.63, 3.8) is 0 Å². The first-order chi connectivity index (χ1) is 15.4. The first-order valence-corrected chi connectivity index (χ1v) is 10.7. The van der Waals surface area contributed by atoms with Gasteiger partial charge in [0.2, 0.25) is 0 Å². The van der Waals surface area contributed by atoms with Crippen LogP contribution in [-0.2, 0) is 16.1 Å². The smallest absolute Gasteiger partial charge is 0.408 e. The van der Waals surface area contributed by atoms with E-state index in [2.05, 4.69) is 10.1 Å². The standard InChI is InChI=1S/C23H27F4N3O3/c1-22(2,3)33-19(31)11-4-15(12-24)13-32-18-9-7-16(8-10-18)20-28-21(17-5-6-17)30(29-20)14-23(25,26)27/h7-10,12,17H,4-6,11,13-14H2,1-3H3/b15-12+. The third kappa shape index (κ3) is 7.87. The molecular weight excluding hydrogens is 442 g/mol. The van der Waals surface area contributed by atoms with E-state index in [1.165, 1.54) is 0 Å². The number of carbonyl (C=O) groups is 1. The third-order valence-electron chi connectivity index (χ3n) is 4.73. The highest BCUT2D eigenvalue weighted by molar-refractivity contribution is 5.70. The van der Waals surface area contributed by atoms with Crippen LogP contribution in [0.25, 0.3) is 11.4 Å². The van der Waals surface area contributed by atoms with E-state index in [4.69, 9.17) is 9.47 Å². The van der Waals surface area contributed by atoms with Gasteiger partial charge >= 0.3 is 12.1 Å². The second-order valence-electron chi connectivity index (χ2n) is 9.01. The Labute approximate surface area is 189 Å². The van der Waals surface area contributed by atoms with Gasteiger partial charge in [0.25, 0.3) is 0 Å². The van der Waals surface area contributed by atoms with Crippen molar-refractivity contribution in [3.8, 4) is 17.1 Å². The van der Waals surface area contributed by atoms with Crippen LogP contribution >= 0.6 is 0 Å². The molecule has 0 N–H and O–H groups in total. The predicted molar refractivity (Wildman–Crippen MR) is 113 cm³/mol. The Morgan fingerprint density at radius 2 is 1.82 bits per heavy atom. The fraction of sp³-hybridized carbons (Fsp3) is 0.522. The SMILES string of the molecule is CC(C)(C)OC(=O)CC/C(=C\F)COc1ccc(-c2nc(C3CC3)n(CC(F)(F)F)n2)cc1. The van der Waals surface area contributed by atoms with Crippen LogP contribution < -0.4 is 4.74 Å². The number of rotatable bonds is 9. The van der Waals surface area contributed by atoms with Gasteiger partial charge in [0.15, 0.2) is 5.82 Å². The molecule has 0 saturated heterocycles. The molecular formula is C23H27F4N3O3. The van der Waals surface area contributed by atoms with Crippen molar-refractivity contribution in [2.75, 3.05) is 6.61 Å². The van der Waals surface area contributed by atoms with E-state index >= 15 is 0 Å². The molecule has 1 aliphatic carbocycles. The molecule has 180 valence electrons. The lowest BCUT2D eigenvalue weighted by atomic mass is 10.1. The van der Waals surface area contributed by atoms with Crippen LogP contribution in [0.1, 0.15) is 58.2 Å². The van der Waals surface area contributed by atoms with Gasteiger partial charge < -0.3 is 9.47 Å². The van der Waals surface area contributed by atoms with E-state index in [-0.39, 0.29) is 31.2 Å². The highest BCUT2D eigenvalue weighted by atomic mass is 19.4. The van der Waals surface area contributed by atoms with Gasteiger partial charge in [-0.2, -0.15) is 18.3 Å². The molecule has 0 aliphatic heterocycles. The average molecular weight is 469 g/mol. The van der Waals surface area contributed by atoms with Crippen molar-refractivity contribution in [1.29, 1.82) is 0 Å². The fourth-order valence-electron chi connectivity index (χ4n) is 3.10. The number of nitrogens with zero attached hydrogens (tertiary/aromatic N) is 3. The number of carbonyl (C=O) groups excluding carboxylic acids is 1. The van der Waals surface area contributed by atoms with Crippen LogP contribution in [0.5, 0.6) is 5.75 Å². The number of esters is 1. The molecule has 1 fully saturated rings. The predicted octanol–water partition coefficient (Wildman–Crippen LogP) is 5.74. The topological polar surface area (TPSA) is 66.2 Å². The van der Waals surface area contributed by atoms with E-state index in [1.807, 2.05) is 0 Å². The summed E-state index contributed by atoms with van der Waals surface area (Å²) in [6, 6.07) is 6.50. The first-order valence-electron chi connectivity index (χ1n) is 10.7. The van der Waals surface area contributed by atoms with Crippen LogP contribution in [0.2, 0.25) is 0 Å². The molecule has 1 saturated carbocycles. The summed E-state index contributed by atoms with van der Waals surface area (Å²) in [5.74, 6) is 0.601. The lowest BCUT2D eigenvalue weighted by Crippen LogP contribution is -2.23. The molecule has 2 aromatic rings. The number of aromatic nitrogens is 3. The zero-order valence-corrected chi connectivity index (χ0v) is 18.8. The lowest BCUT2D eigenvalue weighted by Gasteiger charge is -2.19. The molecule has 0 amide bonds. The van der Waals surface area contributed by atoms with Gasteiger partial charge in [0.1, 0.15) is 30.3 Å². The van der Waals surface area contributed by atoms with Crippen LogP contribution in [-0.4, -0.2) is 39.1 Å². The molecule has 1 heterocycles. The minimum atomic E-state index is -4.38. The summed E-state index contributed by atoms with van der Waals surface area (Å²) in [4.78, 5) is 16.1. The van der Waals surface area contributed by atoms with Crippen molar-refractivity contribution >= 4 is 5.97 Å². The van der Waals surface area contributed by atoms with Gasteiger partial charge in [-0.15, -0.1) is 0 Å². The minimum Gasteiger partial charge on any atom is -0.489 e. The Bertz CT molecular complexity index is 988. The molecule has 0 radical (unpaired) electrons. The molecule has 0 bridgehead atoms. The Balaban J connectivity index is 1.58. The molecule has 1 aliphatic rings. The minimum absolute atomic E-state index is 0.0165. The van der Waals surface area contributed by atoms with Crippen molar-refractivity contribution < 1.29 is 31.8 Å². The largest absolute Gasteiger partial charge is 0.489 e. The van der Waals surface area contributed by atoms with Gasteiger partial charge in [-0.3, -0.25) is 4.79 Å². The fourth-order valence-corrected chi connectivity index (χ4v) is 3.10. The third-order valence-corrected chi connectivity index (χ3v) is 4.73. The normalized spacial score (nSPS) is 14.9. The van der Waals surface area contributed by atoms with E-state index in [0.717, 1.165) is 17.5 Å². The van der Waals surface area contributed by atoms with Gasteiger partial charge in [0.05, 0.1) is 6.33 Å². The van der Waals surface area contributed by atoms with Gasteiger partial charge in [-0.05, 0) is 69.9 Å². The first kappa shape index (κ1) is 24.7. The van der Waals surface area contributed by atoms with Gasteiger partial charge in [-0.25, -0.2) is 14.1 Å². The molecule has 0 atom stereocenters. The average Bonchev–Trinajstić information content (AvgIpc) is 3.47. The Kier molecular flexibility index (Phi) is 7.44. The maximum atomic E-state index is 13.2. The van der Waals surface area contributed by atoms with Crippen LogP contribution in [0.3, 0.4) is 0 Å². The van der Waals surface area contributed by atoms with E-state index in [9.17, 15) is 22.4 Å². The lowest BCUT2D eigenvalue weighted by molar-refractivity contribution is -0.154. The van der Waals surface area contributed by atoms with Crippen molar-refractivity contribution in [1.82, 2.24) is 14.8 Å². The Hall–Kier alpha value is -2.91. The summed E-state index contributed by atoms with van der Waals surface area (Å²) in [5.41, 5.74) is 0.245. The number of halogens is 4. The molecule has 0 unspecified atom stereocenters. The zero-order chi connectivity index (χ0) is 24.2. The summed E-state index contributed by atoms with van der Waals surface area (Å²) in [5, 5.41) is 4.05. The molecule has 1 aromatic carbocycles. The summed E-state index contributed by atoms with van der Waals surface area (Å²) in [6.45, 7) is 4.05. The maximum absolute atomic E-state index is 13.2. The molecule has 1 aromatic heterocycles. The van der Waals surface area contributed by atoms with Crippen LogP contribution in [0.4, 0.5) is 17.6 Å². The molecule has 0 spiro atoms. The van der Waals surface area contributed by atoms with E-state index < -0.39 is 24.3 Å². The van der Waals surface area contributed by atoms with Crippen molar-refractivity contribution in [3.05, 3.63) is 42.0 Å². The summed E-state index contributed by atoms with van der Waals surface area (Å²) >= 11 is 0.